The van der Waals surface area contributed by atoms with Crippen molar-refractivity contribution in [1.82, 2.24) is 9.38 Å². The molecule has 18 heavy (non-hydrogen) atoms. The Labute approximate surface area is 107 Å². The van der Waals surface area contributed by atoms with Crippen LogP contribution in [0.4, 0.5) is 0 Å². The second-order valence-electron chi connectivity index (χ2n) is 3.98. The number of imidazole rings is 1. The summed E-state index contributed by atoms with van der Waals surface area (Å²) in [6, 6.07) is 7.65. The first-order valence-corrected chi connectivity index (χ1v) is 6.31. The van der Waals surface area contributed by atoms with Gasteiger partial charge in [0.2, 0.25) is 0 Å². The molecule has 5 heteroatoms. The summed E-state index contributed by atoms with van der Waals surface area (Å²) in [4.78, 5) is 16.5. The number of fused-ring (bicyclic) bond motifs is 1. The van der Waals surface area contributed by atoms with Crippen molar-refractivity contribution >= 4 is 22.8 Å². The first-order chi connectivity index (χ1) is 8.68. The van der Waals surface area contributed by atoms with Gasteiger partial charge in [-0.05, 0) is 30.0 Å². The van der Waals surface area contributed by atoms with E-state index in [1.807, 2.05) is 47.2 Å². The zero-order valence-electron chi connectivity index (χ0n) is 9.62. The van der Waals surface area contributed by atoms with Crippen molar-refractivity contribution in [2.45, 2.75) is 6.92 Å². The molecule has 3 rings (SSSR count). The normalized spacial score (nSPS) is 10.9. The summed E-state index contributed by atoms with van der Waals surface area (Å²) in [5.74, 6) is -0.314. The second kappa shape index (κ2) is 3.96. The first-order valence-electron chi connectivity index (χ1n) is 5.43. The van der Waals surface area contributed by atoms with Crippen molar-refractivity contribution in [2.24, 2.45) is 0 Å². The van der Waals surface area contributed by atoms with Crippen molar-refractivity contribution in [3.63, 3.8) is 0 Å². The van der Waals surface area contributed by atoms with Gasteiger partial charge in [-0.2, -0.15) is 0 Å². The number of hydrogen-bond acceptors (Lipinski definition) is 3. The number of carboxylic acids is 1. The van der Waals surface area contributed by atoms with E-state index in [1.165, 1.54) is 0 Å². The zero-order chi connectivity index (χ0) is 12.7. The molecule has 0 saturated heterocycles. The summed E-state index contributed by atoms with van der Waals surface area (Å²) < 4.78 is 1.84. The third-order valence-corrected chi connectivity index (χ3v) is 3.68. The maximum Gasteiger partial charge on any atom is 0.356 e. The molecule has 90 valence electrons. The minimum atomic E-state index is -0.996. The predicted octanol–water partition coefficient (Wildman–Crippen LogP) is 3.07. The maximum absolute atomic E-state index is 11.3. The molecule has 0 unspecified atom stereocenters. The van der Waals surface area contributed by atoms with E-state index in [1.54, 1.807) is 11.3 Å². The number of aromatic nitrogens is 2. The highest BCUT2D eigenvalue weighted by Gasteiger charge is 2.19. The lowest BCUT2D eigenvalue weighted by atomic mass is 10.2. The molecule has 3 heterocycles. The Balaban J connectivity index is 2.41. The monoisotopic (exact) mass is 258 g/mol. The summed E-state index contributed by atoms with van der Waals surface area (Å²) in [7, 11) is 0. The number of pyridine rings is 1. The molecule has 0 spiro atoms. The fourth-order valence-electron chi connectivity index (χ4n) is 2.04. The van der Waals surface area contributed by atoms with Gasteiger partial charge in [-0.25, -0.2) is 9.78 Å². The van der Waals surface area contributed by atoms with E-state index in [9.17, 15) is 9.90 Å². The molecule has 1 N–H and O–H groups in total. The molecule has 4 nitrogen and oxygen atoms in total. The Morgan fingerprint density at radius 3 is 2.89 bits per heavy atom. The largest absolute Gasteiger partial charge is 0.476 e. The Bertz CT molecular complexity index is 729. The highest BCUT2D eigenvalue weighted by Crippen LogP contribution is 2.27. The van der Waals surface area contributed by atoms with Crippen molar-refractivity contribution in [1.29, 1.82) is 0 Å². The number of aryl methyl sites for hydroxylation is 1. The molecule has 0 aliphatic heterocycles. The minimum Gasteiger partial charge on any atom is -0.476 e. The van der Waals surface area contributed by atoms with E-state index >= 15 is 0 Å². The van der Waals surface area contributed by atoms with Gasteiger partial charge in [0, 0.05) is 6.20 Å². The number of carboxylic acid groups (broad SMARTS) is 1. The molecule has 3 aromatic rings. The lowest BCUT2D eigenvalue weighted by Gasteiger charge is -2.00. The van der Waals surface area contributed by atoms with Crippen LogP contribution < -0.4 is 0 Å². The van der Waals surface area contributed by atoms with Gasteiger partial charge in [-0.3, -0.25) is 4.40 Å². The third kappa shape index (κ3) is 1.52. The zero-order valence-corrected chi connectivity index (χ0v) is 10.4. The molecule has 3 aromatic heterocycles. The number of rotatable bonds is 2. The molecule has 0 radical (unpaired) electrons. The van der Waals surface area contributed by atoms with Crippen LogP contribution in [-0.4, -0.2) is 20.5 Å². The van der Waals surface area contributed by atoms with Gasteiger partial charge in [0.15, 0.2) is 11.5 Å². The van der Waals surface area contributed by atoms with E-state index in [0.29, 0.717) is 11.3 Å². The number of aromatic carboxylic acids is 1. The quantitative estimate of drug-likeness (QED) is 0.768. The SMILES string of the molecule is Cc1cccn2c(-c3cccs3)nc(C(=O)O)c12. The van der Waals surface area contributed by atoms with Crippen molar-refractivity contribution in [3.05, 3.63) is 47.1 Å². The van der Waals surface area contributed by atoms with Gasteiger partial charge in [0.1, 0.15) is 0 Å². The van der Waals surface area contributed by atoms with Crippen LogP contribution in [0.15, 0.2) is 35.8 Å². The molecule has 0 saturated carbocycles. The van der Waals surface area contributed by atoms with E-state index in [4.69, 9.17) is 0 Å². The summed E-state index contributed by atoms with van der Waals surface area (Å²) >= 11 is 1.55. The lowest BCUT2D eigenvalue weighted by molar-refractivity contribution is 0.0693. The average Bonchev–Trinajstić information content (AvgIpc) is 2.95. The molecular formula is C13H10N2O2S. The van der Waals surface area contributed by atoms with E-state index in [0.717, 1.165) is 10.4 Å². The van der Waals surface area contributed by atoms with Crippen LogP contribution in [0.5, 0.6) is 0 Å². The van der Waals surface area contributed by atoms with Crippen LogP contribution in [0.3, 0.4) is 0 Å². The van der Waals surface area contributed by atoms with Crippen molar-refractivity contribution in [3.8, 4) is 10.7 Å². The second-order valence-corrected chi connectivity index (χ2v) is 4.92. The summed E-state index contributed by atoms with van der Waals surface area (Å²) in [5, 5.41) is 11.2. The summed E-state index contributed by atoms with van der Waals surface area (Å²) in [6.07, 6.45) is 1.84. The fourth-order valence-corrected chi connectivity index (χ4v) is 2.75. The maximum atomic E-state index is 11.3. The molecular weight excluding hydrogens is 248 g/mol. The Morgan fingerprint density at radius 1 is 1.39 bits per heavy atom. The van der Waals surface area contributed by atoms with Crippen molar-refractivity contribution < 1.29 is 9.90 Å². The van der Waals surface area contributed by atoms with E-state index in [-0.39, 0.29) is 5.69 Å². The van der Waals surface area contributed by atoms with Gasteiger partial charge in [-0.15, -0.1) is 11.3 Å². The van der Waals surface area contributed by atoms with Gasteiger partial charge < -0.3 is 5.11 Å². The summed E-state index contributed by atoms with van der Waals surface area (Å²) in [5.41, 5.74) is 1.68. The fraction of sp³-hybridized carbons (Fsp3) is 0.0769. The molecule has 0 amide bonds. The lowest BCUT2D eigenvalue weighted by Crippen LogP contribution is -1.98. The molecule has 0 bridgehead atoms. The van der Waals surface area contributed by atoms with Crippen molar-refractivity contribution in [2.75, 3.05) is 0 Å². The first kappa shape index (κ1) is 11.0. The highest BCUT2D eigenvalue weighted by molar-refractivity contribution is 7.13. The van der Waals surface area contributed by atoms with Gasteiger partial charge in [0.05, 0.1) is 10.4 Å². The van der Waals surface area contributed by atoms with E-state index < -0.39 is 5.97 Å². The number of nitrogens with zero attached hydrogens (tertiary/aromatic N) is 2. The smallest absolute Gasteiger partial charge is 0.356 e. The van der Waals surface area contributed by atoms with Crippen LogP contribution in [-0.2, 0) is 0 Å². The predicted molar refractivity (Wildman–Crippen MR) is 70.2 cm³/mol. The van der Waals surface area contributed by atoms with Crippen LogP contribution in [0.25, 0.3) is 16.2 Å². The van der Waals surface area contributed by atoms with Gasteiger partial charge in [0.25, 0.3) is 0 Å². The molecule has 0 aliphatic carbocycles. The van der Waals surface area contributed by atoms with Crippen LogP contribution in [0, 0.1) is 6.92 Å². The Hall–Kier alpha value is -2.14. The van der Waals surface area contributed by atoms with Crippen LogP contribution in [0.1, 0.15) is 16.1 Å². The molecule has 0 atom stereocenters. The number of carbonyl (C=O) groups is 1. The third-order valence-electron chi connectivity index (χ3n) is 2.81. The minimum absolute atomic E-state index is 0.108. The standard InChI is InChI=1S/C13H10N2O2S/c1-8-4-2-6-15-11(8)10(13(16)17)14-12(15)9-5-3-7-18-9/h2-7H,1H3,(H,16,17). The number of hydrogen-bond donors (Lipinski definition) is 1. The average molecular weight is 258 g/mol. The molecule has 0 aromatic carbocycles. The van der Waals surface area contributed by atoms with Gasteiger partial charge in [-0.1, -0.05) is 12.1 Å². The molecule has 0 aliphatic rings. The van der Waals surface area contributed by atoms with Gasteiger partial charge >= 0.3 is 5.97 Å². The Kier molecular flexibility index (Phi) is 2.41. The highest BCUT2D eigenvalue weighted by atomic mass is 32.1. The Morgan fingerprint density at radius 2 is 2.22 bits per heavy atom. The molecule has 0 fully saturated rings. The van der Waals surface area contributed by atoms with E-state index in [2.05, 4.69) is 4.98 Å². The van der Waals surface area contributed by atoms with Crippen LogP contribution in [0.2, 0.25) is 0 Å². The number of thiophene rings is 1. The summed E-state index contributed by atoms with van der Waals surface area (Å²) in [6.45, 7) is 1.89. The topological polar surface area (TPSA) is 54.6 Å². The van der Waals surface area contributed by atoms with Crippen LogP contribution >= 0.6 is 11.3 Å².